The topological polar surface area (TPSA) is 13.1 Å². The first-order valence-electron chi connectivity index (χ1n) is 5.42. The molecule has 83 valence electrons. The van der Waals surface area contributed by atoms with Crippen LogP contribution in [0.15, 0.2) is 41.0 Å². The predicted octanol–water partition coefficient (Wildman–Crippen LogP) is 4.76. The van der Waals surface area contributed by atoms with E-state index < -0.39 is 0 Å². The number of hydrogen-bond acceptors (Lipinski definition) is 1. The fourth-order valence-corrected chi connectivity index (χ4v) is 1.73. The molecule has 0 amide bonds. The first kappa shape index (κ1) is 11.3. The van der Waals surface area contributed by atoms with Crippen LogP contribution in [0.3, 0.4) is 0 Å². The average molecular weight is 234 g/mol. The molecule has 2 heteroatoms. The van der Waals surface area contributed by atoms with Crippen molar-refractivity contribution in [3.05, 3.63) is 54.3 Å². The Morgan fingerprint density at radius 3 is 2.56 bits per heavy atom. The lowest BCUT2D eigenvalue weighted by atomic mass is 10.1. The van der Waals surface area contributed by atoms with Gasteiger partial charge in [0.1, 0.15) is 5.76 Å². The highest BCUT2D eigenvalue weighted by atomic mass is 35.5. The third-order valence-electron chi connectivity index (χ3n) is 2.50. The van der Waals surface area contributed by atoms with E-state index in [2.05, 4.69) is 13.0 Å². The van der Waals surface area contributed by atoms with Crippen molar-refractivity contribution in [1.29, 1.82) is 0 Å². The van der Waals surface area contributed by atoms with Gasteiger partial charge in [-0.3, -0.25) is 0 Å². The van der Waals surface area contributed by atoms with Gasteiger partial charge in [0.25, 0.3) is 0 Å². The summed E-state index contributed by atoms with van der Waals surface area (Å²) in [6, 6.07) is 9.86. The second kappa shape index (κ2) is 5.22. The summed E-state index contributed by atoms with van der Waals surface area (Å²) < 4.78 is 5.49. The molecule has 1 radical (unpaired) electrons. The van der Waals surface area contributed by atoms with Crippen LogP contribution in [0.2, 0.25) is 5.02 Å². The molecule has 0 fully saturated rings. The monoisotopic (exact) mass is 233 g/mol. The van der Waals surface area contributed by atoms with Gasteiger partial charge in [-0.2, -0.15) is 0 Å². The maximum absolute atomic E-state index is 5.84. The second-order valence-corrected chi connectivity index (χ2v) is 4.20. The largest absolute Gasteiger partial charge is 0.469 e. The van der Waals surface area contributed by atoms with Gasteiger partial charge in [-0.25, -0.2) is 0 Å². The Morgan fingerprint density at radius 1 is 1.12 bits per heavy atom. The van der Waals surface area contributed by atoms with Crippen molar-refractivity contribution in [2.75, 3.05) is 0 Å². The average Bonchev–Trinajstić information content (AvgIpc) is 2.76. The van der Waals surface area contributed by atoms with Crippen LogP contribution in [0.4, 0.5) is 0 Å². The number of unbranched alkanes of at least 4 members (excludes halogenated alkanes) is 1. The summed E-state index contributed by atoms with van der Waals surface area (Å²) in [6.45, 7) is 3.82. The Kier molecular flexibility index (Phi) is 3.68. The minimum absolute atomic E-state index is 0.754. The van der Waals surface area contributed by atoms with E-state index in [4.69, 9.17) is 16.0 Å². The molecule has 0 saturated heterocycles. The minimum atomic E-state index is 0.754. The van der Waals surface area contributed by atoms with Crippen LogP contribution in [0.1, 0.15) is 18.6 Å². The standard InChI is InChI=1S/C14H14ClO/c1-2-3-4-14-9-12(10-16-14)11-5-7-13(15)8-6-11/h5-10H,1-4H2. The van der Waals surface area contributed by atoms with Crippen LogP contribution < -0.4 is 0 Å². The highest BCUT2D eigenvalue weighted by Crippen LogP contribution is 2.24. The van der Waals surface area contributed by atoms with Crippen molar-refractivity contribution >= 4 is 11.6 Å². The van der Waals surface area contributed by atoms with E-state index in [0.717, 1.165) is 41.2 Å². The molecule has 0 bridgehead atoms. The molecule has 0 unspecified atom stereocenters. The summed E-state index contributed by atoms with van der Waals surface area (Å²) in [5.41, 5.74) is 2.24. The molecule has 0 aliphatic rings. The predicted molar refractivity (Wildman–Crippen MR) is 67.4 cm³/mol. The zero-order chi connectivity index (χ0) is 11.4. The maximum atomic E-state index is 5.84. The molecule has 1 aromatic carbocycles. The van der Waals surface area contributed by atoms with E-state index in [9.17, 15) is 0 Å². The van der Waals surface area contributed by atoms with Crippen LogP contribution in [-0.2, 0) is 6.42 Å². The molecule has 0 saturated carbocycles. The van der Waals surface area contributed by atoms with Crippen LogP contribution in [0.25, 0.3) is 11.1 Å². The van der Waals surface area contributed by atoms with E-state index in [1.807, 2.05) is 24.3 Å². The fraction of sp³-hybridized carbons (Fsp3) is 0.214. The number of aryl methyl sites for hydroxylation is 1. The maximum Gasteiger partial charge on any atom is 0.104 e. The number of rotatable bonds is 4. The molecule has 1 heterocycles. The molecule has 1 aromatic heterocycles. The van der Waals surface area contributed by atoms with Gasteiger partial charge in [0.2, 0.25) is 0 Å². The third kappa shape index (κ3) is 2.67. The summed E-state index contributed by atoms with van der Waals surface area (Å²) in [7, 11) is 0. The van der Waals surface area contributed by atoms with Crippen molar-refractivity contribution < 1.29 is 4.42 Å². The zero-order valence-corrected chi connectivity index (χ0v) is 9.83. The summed E-state index contributed by atoms with van der Waals surface area (Å²) in [4.78, 5) is 0. The van der Waals surface area contributed by atoms with Gasteiger partial charge >= 0.3 is 0 Å². The minimum Gasteiger partial charge on any atom is -0.469 e. The molecule has 2 aromatic rings. The number of hydrogen-bond donors (Lipinski definition) is 0. The van der Waals surface area contributed by atoms with E-state index >= 15 is 0 Å². The SMILES string of the molecule is [CH2]CCCc1cc(-c2ccc(Cl)cc2)co1. The normalized spacial score (nSPS) is 10.6. The summed E-state index contributed by atoms with van der Waals surface area (Å²) in [5, 5.41) is 0.754. The quantitative estimate of drug-likeness (QED) is 0.742. The second-order valence-electron chi connectivity index (χ2n) is 3.77. The summed E-state index contributed by atoms with van der Waals surface area (Å²) in [5.74, 6) is 1.02. The Labute approximate surface area is 101 Å². The number of benzene rings is 1. The highest BCUT2D eigenvalue weighted by Gasteiger charge is 2.03. The molecule has 0 spiro atoms. The van der Waals surface area contributed by atoms with Crippen molar-refractivity contribution in [1.82, 2.24) is 0 Å². The molecule has 0 aliphatic carbocycles. The lowest BCUT2D eigenvalue weighted by Gasteiger charge is -1.95. The number of halogens is 1. The summed E-state index contributed by atoms with van der Waals surface area (Å²) in [6.07, 6.45) is 4.75. The molecular weight excluding hydrogens is 220 g/mol. The van der Waals surface area contributed by atoms with Gasteiger partial charge in [0.15, 0.2) is 0 Å². The van der Waals surface area contributed by atoms with E-state index in [-0.39, 0.29) is 0 Å². The van der Waals surface area contributed by atoms with Gasteiger partial charge < -0.3 is 4.42 Å². The Morgan fingerprint density at radius 2 is 1.88 bits per heavy atom. The van der Waals surface area contributed by atoms with Crippen molar-refractivity contribution in [2.24, 2.45) is 0 Å². The van der Waals surface area contributed by atoms with Gasteiger partial charge in [0, 0.05) is 17.0 Å². The van der Waals surface area contributed by atoms with Crippen LogP contribution in [0, 0.1) is 6.92 Å². The van der Waals surface area contributed by atoms with E-state index in [1.165, 1.54) is 0 Å². The van der Waals surface area contributed by atoms with Crippen molar-refractivity contribution in [3.8, 4) is 11.1 Å². The molecular formula is C14H14ClO. The lowest BCUT2D eigenvalue weighted by Crippen LogP contribution is -1.79. The molecule has 0 aliphatic heterocycles. The van der Waals surface area contributed by atoms with Gasteiger partial charge in [-0.05, 0) is 30.2 Å². The van der Waals surface area contributed by atoms with E-state index in [1.54, 1.807) is 6.26 Å². The highest BCUT2D eigenvalue weighted by molar-refractivity contribution is 6.30. The van der Waals surface area contributed by atoms with Gasteiger partial charge in [-0.15, -0.1) is 0 Å². The van der Waals surface area contributed by atoms with Crippen molar-refractivity contribution in [3.63, 3.8) is 0 Å². The zero-order valence-electron chi connectivity index (χ0n) is 9.08. The van der Waals surface area contributed by atoms with Crippen LogP contribution >= 0.6 is 11.6 Å². The lowest BCUT2D eigenvalue weighted by molar-refractivity contribution is 0.503. The van der Waals surface area contributed by atoms with Crippen LogP contribution in [0.5, 0.6) is 0 Å². The first-order valence-corrected chi connectivity index (χ1v) is 5.80. The van der Waals surface area contributed by atoms with Crippen molar-refractivity contribution in [2.45, 2.75) is 19.3 Å². The fourth-order valence-electron chi connectivity index (χ4n) is 1.60. The molecule has 16 heavy (non-hydrogen) atoms. The molecule has 0 N–H and O–H groups in total. The van der Waals surface area contributed by atoms with E-state index in [0.29, 0.717) is 0 Å². The number of furan rings is 1. The Hall–Kier alpha value is -1.21. The molecule has 0 atom stereocenters. The molecule has 2 rings (SSSR count). The smallest absolute Gasteiger partial charge is 0.104 e. The molecule has 1 nitrogen and oxygen atoms in total. The Balaban J connectivity index is 2.15. The van der Waals surface area contributed by atoms with Gasteiger partial charge in [0.05, 0.1) is 6.26 Å². The van der Waals surface area contributed by atoms with Gasteiger partial charge in [-0.1, -0.05) is 37.1 Å². The van der Waals surface area contributed by atoms with Crippen LogP contribution in [-0.4, -0.2) is 0 Å². The first-order chi connectivity index (χ1) is 7.79. The Bertz CT molecular complexity index is 442. The third-order valence-corrected chi connectivity index (χ3v) is 2.76. The summed E-state index contributed by atoms with van der Waals surface area (Å²) >= 11 is 5.84.